The molecule has 13 nitrogen and oxygen atoms in total. The molecule has 2 fully saturated rings. The molecular formula is C38H45N5O8. The SMILES string of the molecule is O=C(NC(=NCCCC1C(=O)N(C(=O)NC2CCCCC2)C1C(Cc1ccccc1)OO)NC(=O)OCc1ccccc1)OCc1ccccc1. The molecule has 1 aliphatic heterocycles. The molecule has 0 radical (unpaired) electrons. The van der Waals surface area contributed by atoms with Crippen LogP contribution >= 0.6 is 0 Å². The monoisotopic (exact) mass is 699 g/mol. The van der Waals surface area contributed by atoms with E-state index in [0.717, 1.165) is 48.8 Å². The summed E-state index contributed by atoms with van der Waals surface area (Å²) >= 11 is 0. The van der Waals surface area contributed by atoms with E-state index in [1.807, 2.05) is 91.0 Å². The van der Waals surface area contributed by atoms with Gasteiger partial charge in [0.25, 0.3) is 0 Å². The minimum absolute atomic E-state index is 0.00544. The number of nitrogens with one attached hydrogen (secondary N) is 3. The molecule has 1 heterocycles. The quantitative estimate of drug-likeness (QED) is 0.0424. The van der Waals surface area contributed by atoms with Crippen LogP contribution in [0.5, 0.6) is 0 Å². The van der Waals surface area contributed by atoms with Crippen molar-refractivity contribution in [2.45, 2.75) is 82.8 Å². The van der Waals surface area contributed by atoms with E-state index in [4.69, 9.17) is 14.4 Å². The molecule has 1 saturated heterocycles. The van der Waals surface area contributed by atoms with E-state index in [1.54, 1.807) is 0 Å². The summed E-state index contributed by atoms with van der Waals surface area (Å²) in [5.74, 6) is -1.18. The smallest absolute Gasteiger partial charge is 0.414 e. The molecule has 3 aromatic rings. The first-order chi connectivity index (χ1) is 24.9. The van der Waals surface area contributed by atoms with E-state index in [1.165, 1.54) is 4.90 Å². The zero-order valence-electron chi connectivity index (χ0n) is 28.4. The van der Waals surface area contributed by atoms with Crippen LogP contribution in [0.1, 0.15) is 61.6 Å². The van der Waals surface area contributed by atoms with Crippen LogP contribution < -0.4 is 16.0 Å². The summed E-state index contributed by atoms with van der Waals surface area (Å²) in [6.07, 6.45) is 3.28. The number of carbonyl (C=O) groups is 4. The number of imide groups is 1. The number of rotatable bonds is 13. The molecule has 13 heteroatoms. The molecule has 51 heavy (non-hydrogen) atoms. The number of amides is 5. The van der Waals surface area contributed by atoms with Crippen molar-refractivity contribution < 1.29 is 38.8 Å². The van der Waals surface area contributed by atoms with Gasteiger partial charge >= 0.3 is 18.2 Å². The van der Waals surface area contributed by atoms with Crippen LogP contribution in [-0.4, -0.2) is 65.0 Å². The summed E-state index contributed by atoms with van der Waals surface area (Å²) in [5.41, 5.74) is 2.44. The van der Waals surface area contributed by atoms with E-state index >= 15 is 0 Å². The Labute approximate surface area is 297 Å². The molecule has 5 amide bonds. The fourth-order valence-electron chi connectivity index (χ4n) is 6.41. The van der Waals surface area contributed by atoms with E-state index < -0.39 is 36.3 Å². The second-order valence-corrected chi connectivity index (χ2v) is 12.7. The Balaban J connectivity index is 1.23. The zero-order valence-corrected chi connectivity index (χ0v) is 28.4. The third-order valence-corrected chi connectivity index (χ3v) is 9.02. The van der Waals surface area contributed by atoms with Crippen LogP contribution in [0.15, 0.2) is 96.0 Å². The standard InChI is InChI=1S/C38H45N5O8/c44-34-31(33(32(51-48)24-27-14-5-1-6-15-27)43(34)36(45)40-30-20-11-4-12-21-30)22-13-23-39-35(41-37(46)49-25-28-16-7-2-8-17-28)42-38(47)50-26-29-18-9-3-10-19-29/h1-3,5-10,14-19,30-33,48H,4,11-13,20-26H2,(H,40,45)(H2,39,41,42,46,47). The Bertz CT molecular complexity index is 1540. The Morgan fingerprint density at radius 3 is 1.84 bits per heavy atom. The van der Waals surface area contributed by atoms with Crippen molar-refractivity contribution in [2.75, 3.05) is 6.54 Å². The van der Waals surface area contributed by atoms with Crippen molar-refractivity contribution in [1.29, 1.82) is 0 Å². The average Bonchev–Trinajstić information content (AvgIpc) is 3.16. The van der Waals surface area contributed by atoms with Gasteiger partial charge in [0.1, 0.15) is 19.3 Å². The number of likely N-dealkylation sites (tertiary alicyclic amines) is 1. The molecule has 3 unspecified atom stereocenters. The van der Waals surface area contributed by atoms with Gasteiger partial charge in [-0.1, -0.05) is 110 Å². The van der Waals surface area contributed by atoms with Gasteiger partial charge in [0.15, 0.2) is 0 Å². The van der Waals surface area contributed by atoms with Gasteiger partial charge in [-0.05, 0) is 42.4 Å². The molecule has 4 N–H and O–H groups in total. The van der Waals surface area contributed by atoms with Gasteiger partial charge in [-0.2, -0.15) is 0 Å². The third-order valence-electron chi connectivity index (χ3n) is 9.02. The molecule has 2 aliphatic rings. The predicted octanol–water partition coefficient (Wildman–Crippen LogP) is 5.95. The number of carbonyl (C=O) groups excluding carboxylic acids is 4. The maximum absolute atomic E-state index is 13.5. The first kappa shape index (κ1) is 37.0. The fourth-order valence-corrected chi connectivity index (χ4v) is 6.41. The van der Waals surface area contributed by atoms with E-state index in [2.05, 4.69) is 20.9 Å². The normalized spacial score (nSPS) is 17.7. The van der Waals surface area contributed by atoms with E-state index in [0.29, 0.717) is 12.8 Å². The number of benzene rings is 3. The number of aliphatic imine (C=N–C) groups is 1. The Kier molecular flexibility index (Phi) is 13.9. The minimum atomic E-state index is -0.853. The van der Waals surface area contributed by atoms with Crippen molar-refractivity contribution in [3.8, 4) is 0 Å². The van der Waals surface area contributed by atoms with Gasteiger partial charge in [-0.25, -0.2) is 19.3 Å². The highest BCUT2D eigenvalue weighted by molar-refractivity contribution is 6.02. The summed E-state index contributed by atoms with van der Waals surface area (Å²) in [6, 6.07) is 26.4. The van der Waals surface area contributed by atoms with Gasteiger partial charge in [-0.15, -0.1) is 0 Å². The molecule has 270 valence electrons. The summed E-state index contributed by atoms with van der Waals surface area (Å²) < 4.78 is 10.6. The van der Waals surface area contributed by atoms with Crippen molar-refractivity contribution >= 4 is 30.1 Å². The summed E-state index contributed by atoms with van der Waals surface area (Å²) in [6.45, 7) is 0.109. The van der Waals surface area contributed by atoms with E-state index in [9.17, 15) is 24.4 Å². The number of hydrogen-bond acceptors (Lipinski definition) is 9. The Morgan fingerprint density at radius 2 is 1.31 bits per heavy atom. The van der Waals surface area contributed by atoms with Crippen LogP contribution in [-0.2, 0) is 38.8 Å². The third kappa shape index (κ3) is 11.1. The number of hydrogen-bond donors (Lipinski definition) is 4. The van der Waals surface area contributed by atoms with Crippen molar-refractivity contribution in [2.24, 2.45) is 10.9 Å². The maximum Gasteiger partial charge on any atom is 0.414 e. The lowest BCUT2D eigenvalue weighted by Gasteiger charge is -2.48. The first-order valence-corrected chi connectivity index (χ1v) is 17.4. The van der Waals surface area contributed by atoms with E-state index in [-0.39, 0.29) is 44.1 Å². The average molecular weight is 700 g/mol. The zero-order chi connectivity index (χ0) is 35.8. The lowest BCUT2D eigenvalue weighted by atomic mass is 9.79. The second-order valence-electron chi connectivity index (χ2n) is 12.7. The summed E-state index contributed by atoms with van der Waals surface area (Å²) in [4.78, 5) is 62.6. The summed E-state index contributed by atoms with van der Waals surface area (Å²) in [7, 11) is 0. The number of guanidine groups is 1. The van der Waals surface area contributed by atoms with Crippen LogP contribution in [0.2, 0.25) is 0 Å². The van der Waals surface area contributed by atoms with Gasteiger partial charge in [0, 0.05) is 19.0 Å². The lowest BCUT2D eigenvalue weighted by molar-refractivity contribution is -0.296. The molecule has 3 atom stereocenters. The van der Waals surface area contributed by atoms with Crippen LogP contribution in [0.3, 0.4) is 0 Å². The Hall–Kier alpha value is -5.27. The van der Waals surface area contributed by atoms with Crippen molar-refractivity contribution in [1.82, 2.24) is 20.9 Å². The van der Waals surface area contributed by atoms with Crippen molar-refractivity contribution in [3.05, 3.63) is 108 Å². The number of β-lactam (4-membered cyclic amide) rings is 1. The minimum Gasteiger partial charge on any atom is -0.444 e. The Morgan fingerprint density at radius 1 is 0.784 bits per heavy atom. The number of ether oxygens (including phenoxy) is 2. The molecule has 0 bridgehead atoms. The molecule has 5 rings (SSSR count). The molecule has 1 saturated carbocycles. The highest BCUT2D eigenvalue weighted by Crippen LogP contribution is 2.35. The topological polar surface area (TPSA) is 168 Å². The molecule has 0 aromatic heterocycles. The van der Waals surface area contributed by atoms with Gasteiger partial charge in [0.05, 0.1) is 12.0 Å². The predicted molar refractivity (Wildman–Crippen MR) is 188 cm³/mol. The van der Waals surface area contributed by atoms with Crippen molar-refractivity contribution in [3.63, 3.8) is 0 Å². The highest BCUT2D eigenvalue weighted by Gasteiger charge is 2.54. The lowest BCUT2D eigenvalue weighted by Crippen LogP contribution is -2.70. The van der Waals surface area contributed by atoms with Gasteiger partial charge < -0.3 is 14.8 Å². The molecular weight excluding hydrogens is 654 g/mol. The van der Waals surface area contributed by atoms with Gasteiger partial charge in [-0.3, -0.25) is 30.6 Å². The fraction of sp³-hybridized carbons (Fsp3) is 0.395. The second kappa shape index (κ2) is 19.2. The highest BCUT2D eigenvalue weighted by atomic mass is 17.1. The number of urea groups is 1. The first-order valence-electron chi connectivity index (χ1n) is 17.4. The molecule has 1 aliphatic carbocycles. The van der Waals surface area contributed by atoms with Crippen LogP contribution in [0, 0.1) is 5.92 Å². The van der Waals surface area contributed by atoms with Gasteiger partial charge in [0.2, 0.25) is 11.9 Å². The number of nitrogens with zero attached hydrogens (tertiary/aromatic N) is 2. The number of alkyl carbamates (subject to hydrolysis) is 2. The summed E-state index contributed by atoms with van der Waals surface area (Å²) in [5, 5.41) is 17.9. The maximum atomic E-state index is 13.5. The molecule has 0 spiro atoms. The largest absolute Gasteiger partial charge is 0.444 e. The van der Waals surface area contributed by atoms with Crippen LogP contribution in [0.4, 0.5) is 14.4 Å². The van der Waals surface area contributed by atoms with Crippen LogP contribution in [0.25, 0.3) is 0 Å². The molecule has 3 aromatic carbocycles.